The molecule has 0 bridgehead atoms. The Hall–Kier alpha value is -7.10. The molecule has 0 unspecified atom stereocenters. The maximum Gasteiger partial charge on any atom is 0.303 e. The van der Waals surface area contributed by atoms with E-state index in [-0.39, 0.29) is 54.4 Å². The van der Waals surface area contributed by atoms with E-state index in [9.17, 15) is 28.8 Å². The molecule has 9 rings (SSSR count). The quantitative estimate of drug-likeness (QED) is 0.0367. The van der Waals surface area contributed by atoms with Gasteiger partial charge >= 0.3 is 11.9 Å². The van der Waals surface area contributed by atoms with Gasteiger partial charge in [-0.1, -0.05) is 106 Å². The van der Waals surface area contributed by atoms with E-state index in [0.717, 1.165) is 27.9 Å². The van der Waals surface area contributed by atoms with E-state index in [4.69, 9.17) is 47.1 Å². The number of hydrogen-bond acceptors (Lipinski definition) is 16. The Balaban J connectivity index is 1.21. The fourth-order valence-electron chi connectivity index (χ4n) is 10.7. The molecule has 0 aliphatic carbocycles. The third-order valence-corrected chi connectivity index (χ3v) is 19.4. The first-order valence-corrected chi connectivity index (χ1v) is 28.8. The van der Waals surface area contributed by atoms with E-state index in [2.05, 4.69) is 0 Å². The Bertz CT molecular complexity index is 2860. The summed E-state index contributed by atoms with van der Waals surface area (Å²) >= 11 is 0. The van der Waals surface area contributed by atoms with Crippen LogP contribution in [0.3, 0.4) is 0 Å². The first-order valence-electron chi connectivity index (χ1n) is 26.2. The topological polar surface area (TPSA) is 201 Å². The van der Waals surface area contributed by atoms with Crippen LogP contribution in [0.15, 0.2) is 133 Å². The van der Waals surface area contributed by atoms with Gasteiger partial charge in [0.1, 0.15) is 48.0 Å². The number of esters is 2. The van der Waals surface area contributed by atoms with Crippen LogP contribution in [0.25, 0.3) is 0 Å². The summed E-state index contributed by atoms with van der Waals surface area (Å²) < 4.78 is 66.0. The number of imide groups is 2. The Labute approximate surface area is 453 Å². The minimum Gasteiger partial charge on any atom is -0.497 e. The first kappa shape index (κ1) is 55.6. The first-order chi connectivity index (χ1) is 37.8. The van der Waals surface area contributed by atoms with Crippen LogP contribution in [-0.4, -0.2) is 135 Å². The van der Waals surface area contributed by atoms with Crippen molar-refractivity contribution in [3.8, 4) is 11.5 Å². The van der Waals surface area contributed by atoms with Gasteiger partial charge in [0, 0.05) is 13.8 Å². The highest BCUT2D eigenvalue weighted by Crippen LogP contribution is 2.42. The third kappa shape index (κ3) is 11.7. The number of ether oxygens (including phenoxy) is 9. The molecule has 0 spiro atoms. The molecule has 4 heterocycles. The lowest BCUT2D eigenvalue weighted by atomic mass is 9.92. The minimum atomic E-state index is -2.71. The second-order valence-corrected chi connectivity index (χ2v) is 24.2. The standard InChI is InChI=1S/C59H64N2O16Si/c1-7-78(8-2,9-3)77-51-47(35-70-33-39-22-14-11-15-23-39)75-59(49(53(51)72-37(5)63)61-56(66)44-26-18-19-27-45(44)57(61)67)76-50-46(34-69-32-38-20-12-10-13-21-38)74-58(73-41-30-28-40(68-6)29-31-41)48(52(50)71-36(4)62)60-54(64)42-24-16-17-25-43(42)55(60)65/h10-31,46-53,58-59H,7-9,32-35H2,1-6H3/t46-,47-,48-,49-,50-,51-,52-,53-,58-,59+/m1/s1. The zero-order valence-electron chi connectivity index (χ0n) is 44.4. The van der Waals surface area contributed by atoms with E-state index >= 15 is 0 Å². The molecule has 4 aliphatic heterocycles. The van der Waals surface area contributed by atoms with Crippen molar-refractivity contribution in [2.75, 3.05) is 20.3 Å². The number of carbonyl (C=O) groups excluding carboxylic acids is 6. The molecule has 0 aromatic heterocycles. The smallest absolute Gasteiger partial charge is 0.303 e. The molecule has 78 heavy (non-hydrogen) atoms. The summed E-state index contributed by atoms with van der Waals surface area (Å²) in [6, 6.07) is 36.6. The lowest BCUT2D eigenvalue weighted by molar-refractivity contribution is -0.335. The van der Waals surface area contributed by atoms with Crippen molar-refractivity contribution in [3.63, 3.8) is 0 Å². The van der Waals surface area contributed by atoms with Crippen molar-refractivity contribution in [1.29, 1.82) is 0 Å². The van der Waals surface area contributed by atoms with E-state index in [1.165, 1.54) is 38.3 Å². The second-order valence-electron chi connectivity index (χ2n) is 19.5. The van der Waals surface area contributed by atoms with Crippen LogP contribution >= 0.6 is 0 Å². The molecule has 18 nitrogen and oxygen atoms in total. The van der Waals surface area contributed by atoms with Gasteiger partial charge in [0.15, 0.2) is 26.8 Å². The van der Waals surface area contributed by atoms with Crippen molar-refractivity contribution in [1.82, 2.24) is 9.80 Å². The van der Waals surface area contributed by atoms with Gasteiger partial charge in [-0.3, -0.25) is 38.6 Å². The normalized spacial score (nSPS) is 24.9. The van der Waals surface area contributed by atoms with Gasteiger partial charge in [-0.2, -0.15) is 0 Å². The Kier molecular flexibility index (Phi) is 17.6. The molecule has 5 aromatic carbocycles. The van der Waals surface area contributed by atoms with Gasteiger partial charge in [0.05, 0.1) is 55.8 Å². The Morgan fingerprint density at radius 1 is 0.500 bits per heavy atom. The number of fused-ring (bicyclic) bond motifs is 2. The number of benzene rings is 5. The molecule has 2 fully saturated rings. The van der Waals surface area contributed by atoms with E-state index in [1.807, 2.05) is 81.4 Å². The summed E-state index contributed by atoms with van der Waals surface area (Å²) in [5.74, 6) is -3.79. The monoisotopic (exact) mass is 1080 g/mol. The number of carbonyl (C=O) groups is 6. The zero-order chi connectivity index (χ0) is 55.1. The van der Waals surface area contributed by atoms with Crippen LogP contribution < -0.4 is 9.47 Å². The van der Waals surface area contributed by atoms with E-state index in [1.54, 1.807) is 48.5 Å². The van der Waals surface area contributed by atoms with Gasteiger partial charge < -0.3 is 47.1 Å². The molecule has 19 heteroatoms. The third-order valence-electron chi connectivity index (χ3n) is 14.8. The second kappa shape index (κ2) is 24.7. The largest absolute Gasteiger partial charge is 0.497 e. The summed E-state index contributed by atoms with van der Waals surface area (Å²) in [5, 5.41) is 0. The van der Waals surface area contributed by atoms with Crippen molar-refractivity contribution >= 4 is 43.9 Å². The van der Waals surface area contributed by atoms with Crippen LogP contribution in [0.5, 0.6) is 11.5 Å². The Morgan fingerprint density at radius 2 is 0.885 bits per heavy atom. The maximum atomic E-state index is 14.9. The SMILES string of the molecule is CC[Si](CC)(CC)O[C@H]1[C@H](OC(C)=O)[C@@H](N2C(=O)c3ccccc3C2=O)[C@H](O[C@H]2[C@H](OC(C)=O)[C@@H](N3C(=O)c4ccccc4C3=O)[C@H](Oc3ccc(OC)cc3)O[C@@H]2COCc2ccccc2)O[C@@H]1COCc1ccccc1. The summed E-state index contributed by atoms with van der Waals surface area (Å²) in [7, 11) is -1.20. The molecule has 410 valence electrons. The van der Waals surface area contributed by atoms with Gasteiger partial charge in [0.2, 0.25) is 6.29 Å². The molecule has 4 amide bonds. The fourth-order valence-corrected chi connectivity index (χ4v) is 13.5. The van der Waals surface area contributed by atoms with Crippen LogP contribution in [0, 0.1) is 0 Å². The van der Waals surface area contributed by atoms with E-state index < -0.39 is 105 Å². The highest BCUT2D eigenvalue weighted by atomic mass is 28.4. The average molecular weight is 1090 g/mol. The Morgan fingerprint density at radius 3 is 1.31 bits per heavy atom. The summed E-state index contributed by atoms with van der Waals surface area (Å²) in [6.07, 6.45) is -11.6. The highest BCUT2D eigenvalue weighted by Gasteiger charge is 2.62. The number of amides is 4. The molecule has 5 aromatic rings. The molecule has 2 saturated heterocycles. The van der Waals surface area contributed by atoms with Crippen molar-refractivity contribution in [3.05, 3.63) is 167 Å². The average Bonchev–Trinajstić information content (AvgIpc) is 4.08. The molecule has 4 aliphatic rings. The van der Waals surface area contributed by atoms with Crippen LogP contribution in [0.2, 0.25) is 18.1 Å². The van der Waals surface area contributed by atoms with Crippen molar-refractivity contribution < 1.29 is 75.8 Å². The highest BCUT2D eigenvalue weighted by molar-refractivity contribution is 6.73. The number of hydrogen-bond donors (Lipinski definition) is 0. The molecule has 0 saturated carbocycles. The predicted octanol–water partition coefficient (Wildman–Crippen LogP) is 7.93. The molecule has 10 atom stereocenters. The molecule has 0 N–H and O–H groups in total. The van der Waals surface area contributed by atoms with Gasteiger partial charge in [-0.15, -0.1) is 0 Å². The number of rotatable bonds is 22. The van der Waals surface area contributed by atoms with Gasteiger partial charge in [-0.25, -0.2) is 0 Å². The zero-order valence-corrected chi connectivity index (χ0v) is 45.4. The molecular formula is C59H64N2O16Si. The fraction of sp³-hybridized carbons (Fsp3) is 0.390. The number of methoxy groups -OCH3 is 1. The van der Waals surface area contributed by atoms with Gasteiger partial charge in [0.25, 0.3) is 23.6 Å². The number of nitrogens with zero attached hydrogens (tertiary/aromatic N) is 2. The van der Waals surface area contributed by atoms with E-state index in [0.29, 0.717) is 23.9 Å². The maximum absolute atomic E-state index is 14.9. The van der Waals surface area contributed by atoms with Crippen molar-refractivity contribution in [2.45, 2.75) is 127 Å². The van der Waals surface area contributed by atoms with Crippen LogP contribution in [0.4, 0.5) is 0 Å². The lowest BCUT2D eigenvalue weighted by Gasteiger charge is -2.52. The summed E-state index contributed by atoms with van der Waals surface area (Å²) in [5.41, 5.74) is 1.99. The lowest BCUT2D eigenvalue weighted by Crippen LogP contribution is -2.72. The summed E-state index contributed by atoms with van der Waals surface area (Å²) in [4.78, 5) is 88.6. The van der Waals surface area contributed by atoms with Crippen LogP contribution in [0.1, 0.15) is 87.2 Å². The molecular weight excluding hydrogens is 1020 g/mol. The van der Waals surface area contributed by atoms with Crippen molar-refractivity contribution in [2.24, 2.45) is 0 Å². The minimum absolute atomic E-state index is 0.0708. The van der Waals surface area contributed by atoms with Gasteiger partial charge in [-0.05, 0) is 77.8 Å². The van der Waals surface area contributed by atoms with Crippen LogP contribution in [-0.2, 0) is 60.4 Å². The molecule has 0 radical (unpaired) electrons. The predicted molar refractivity (Wildman–Crippen MR) is 283 cm³/mol. The summed E-state index contributed by atoms with van der Waals surface area (Å²) in [6.45, 7) is 8.23.